The molecule has 1 amide bonds. The minimum absolute atomic E-state index is 0.0360. The lowest BCUT2D eigenvalue weighted by Crippen LogP contribution is -2.26. The van der Waals surface area contributed by atoms with E-state index < -0.39 is 4.92 Å². The second-order valence-corrected chi connectivity index (χ2v) is 5.03. The summed E-state index contributed by atoms with van der Waals surface area (Å²) in [7, 11) is 0. The minimum atomic E-state index is -0.511. The quantitative estimate of drug-likeness (QED) is 0.642. The first-order chi connectivity index (χ1) is 7.66. The van der Waals surface area contributed by atoms with Gasteiger partial charge in [-0.15, -0.1) is 0 Å². The second-order valence-electron chi connectivity index (χ2n) is 2.88. The van der Waals surface area contributed by atoms with Crippen LogP contribution in [0.1, 0.15) is 9.67 Å². The zero-order valence-corrected chi connectivity index (χ0v) is 9.64. The van der Waals surface area contributed by atoms with Crippen LogP contribution in [-0.2, 0) is 0 Å². The first kappa shape index (κ1) is 11.1. The van der Waals surface area contributed by atoms with Crippen LogP contribution in [0.15, 0.2) is 17.1 Å². The molecular formula is C8H7N3O3S2. The summed E-state index contributed by atoms with van der Waals surface area (Å²) in [6.45, 7) is 0.699. The third-order valence-electron chi connectivity index (χ3n) is 1.80. The predicted octanol–water partition coefficient (Wildman–Crippen LogP) is 1.49. The summed E-state index contributed by atoms with van der Waals surface area (Å²) >= 11 is 2.32. The smallest absolute Gasteiger partial charge is 0.301 e. The van der Waals surface area contributed by atoms with Crippen molar-refractivity contribution in [3.63, 3.8) is 0 Å². The summed E-state index contributed by atoms with van der Waals surface area (Å²) in [5.74, 6) is 0.520. The molecule has 0 saturated carbocycles. The van der Waals surface area contributed by atoms with Crippen LogP contribution in [0.25, 0.3) is 0 Å². The lowest BCUT2D eigenvalue weighted by Gasteiger charge is -1.99. The van der Waals surface area contributed by atoms with Crippen molar-refractivity contribution in [2.75, 3.05) is 12.3 Å². The van der Waals surface area contributed by atoms with Crippen LogP contribution in [0.2, 0.25) is 0 Å². The Kier molecular flexibility index (Phi) is 3.20. The highest BCUT2D eigenvalue weighted by molar-refractivity contribution is 8.14. The van der Waals surface area contributed by atoms with Crippen LogP contribution in [-0.4, -0.2) is 28.3 Å². The number of rotatable bonds is 2. The molecule has 8 heteroatoms. The van der Waals surface area contributed by atoms with E-state index in [0.29, 0.717) is 16.6 Å². The van der Waals surface area contributed by atoms with Crippen molar-refractivity contribution < 1.29 is 9.72 Å². The summed E-state index contributed by atoms with van der Waals surface area (Å²) in [4.78, 5) is 25.9. The molecule has 0 unspecified atom stereocenters. The zero-order valence-electron chi connectivity index (χ0n) is 8.00. The van der Waals surface area contributed by atoms with Crippen LogP contribution in [0, 0.1) is 10.1 Å². The van der Waals surface area contributed by atoms with Gasteiger partial charge in [0.15, 0.2) is 5.17 Å². The van der Waals surface area contributed by atoms with Crippen LogP contribution in [0.4, 0.5) is 5.00 Å². The van der Waals surface area contributed by atoms with Crippen LogP contribution in [0.3, 0.4) is 0 Å². The highest BCUT2D eigenvalue weighted by atomic mass is 32.2. The molecule has 6 nitrogen and oxygen atoms in total. The van der Waals surface area contributed by atoms with Gasteiger partial charge in [0.2, 0.25) is 0 Å². The van der Waals surface area contributed by atoms with Crippen molar-refractivity contribution in [1.82, 2.24) is 5.32 Å². The SMILES string of the molecule is O=C(NC1=NCCS1)c1ccc([N+](=O)[O-])s1. The van der Waals surface area contributed by atoms with E-state index in [1.807, 2.05) is 0 Å². The van der Waals surface area contributed by atoms with Gasteiger partial charge >= 0.3 is 5.00 Å². The maximum absolute atomic E-state index is 11.6. The monoisotopic (exact) mass is 257 g/mol. The molecule has 1 aliphatic rings. The summed E-state index contributed by atoms with van der Waals surface area (Å²) in [5, 5.41) is 13.6. The van der Waals surface area contributed by atoms with Crippen molar-refractivity contribution >= 4 is 39.2 Å². The van der Waals surface area contributed by atoms with Crippen molar-refractivity contribution in [2.24, 2.45) is 4.99 Å². The summed E-state index contributed by atoms with van der Waals surface area (Å²) in [6, 6.07) is 2.77. The van der Waals surface area contributed by atoms with E-state index in [9.17, 15) is 14.9 Å². The topological polar surface area (TPSA) is 84.6 Å². The van der Waals surface area contributed by atoms with E-state index in [1.54, 1.807) is 0 Å². The number of carbonyl (C=O) groups is 1. The molecule has 1 aliphatic heterocycles. The molecule has 2 rings (SSSR count). The lowest BCUT2D eigenvalue weighted by molar-refractivity contribution is -0.380. The molecule has 0 aliphatic carbocycles. The first-order valence-electron chi connectivity index (χ1n) is 4.39. The van der Waals surface area contributed by atoms with Crippen molar-refractivity contribution in [3.8, 4) is 0 Å². The molecule has 0 radical (unpaired) electrons. The Morgan fingerprint density at radius 1 is 1.56 bits per heavy atom. The number of carbonyl (C=O) groups excluding carboxylic acids is 1. The fraction of sp³-hybridized carbons (Fsp3) is 0.250. The van der Waals surface area contributed by atoms with Gasteiger partial charge in [0.05, 0.1) is 16.3 Å². The van der Waals surface area contributed by atoms with Gasteiger partial charge in [-0.25, -0.2) is 0 Å². The highest BCUT2D eigenvalue weighted by Gasteiger charge is 2.17. The molecule has 84 valence electrons. The Morgan fingerprint density at radius 3 is 2.94 bits per heavy atom. The van der Waals surface area contributed by atoms with Gasteiger partial charge in [0.1, 0.15) is 0 Å². The van der Waals surface area contributed by atoms with Crippen LogP contribution in [0.5, 0.6) is 0 Å². The molecule has 1 aromatic rings. The fourth-order valence-corrected chi connectivity index (χ4v) is 2.56. The number of nitro groups is 1. The van der Waals surface area contributed by atoms with Gasteiger partial charge < -0.3 is 5.32 Å². The molecule has 1 aromatic heterocycles. The number of thioether (sulfide) groups is 1. The highest BCUT2D eigenvalue weighted by Crippen LogP contribution is 2.24. The molecule has 2 heterocycles. The normalized spacial score (nSPS) is 14.6. The summed E-state index contributed by atoms with van der Waals surface area (Å²) in [6.07, 6.45) is 0. The number of amidine groups is 1. The average Bonchev–Trinajstić information content (AvgIpc) is 2.86. The predicted molar refractivity (Wildman–Crippen MR) is 63.2 cm³/mol. The van der Waals surface area contributed by atoms with E-state index in [4.69, 9.17) is 0 Å². The lowest BCUT2D eigenvalue weighted by atomic mass is 10.4. The number of nitrogens with one attached hydrogen (secondary N) is 1. The molecule has 0 saturated heterocycles. The number of hydrogen-bond acceptors (Lipinski definition) is 6. The molecule has 0 aromatic carbocycles. The summed E-state index contributed by atoms with van der Waals surface area (Å²) in [5.41, 5.74) is 0. The van der Waals surface area contributed by atoms with E-state index in [0.717, 1.165) is 17.1 Å². The third-order valence-corrected chi connectivity index (χ3v) is 3.73. The van der Waals surface area contributed by atoms with Gasteiger partial charge in [-0.1, -0.05) is 23.1 Å². The fourth-order valence-electron chi connectivity index (χ4n) is 1.12. The first-order valence-corrected chi connectivity index (χ1v) is 6.20. The average molecular weight is 257 g/mol. The van der Waals surface area contributed by atoms with E-state index in [1.165, 1.54) is 23.9 Å². The van der Waals surface area contributed by atoms with Crippen LogP contribution < -0.4 is 5.32 Å². The third kappa shape index (κ3) is 2.39. The number of thiophene rings is 1. The van der Waals surface area contributed by atoms with Crippen molar-refractivity contribution in [3.05, 3.63) is 27.1 Å². The molecule has 0 bridgehead atoms. The van der Waals surface area contributed by atoms with Crippen molar-refractivity contribution in [1.29, 1.82) is 0 Å². The zero-order chi connectivity index (χ0) is 11.5. The minimum Gasteiger partial charge on any atom is -0.301 e. The Hall–Kier alpha value is -1.41. The Bertz CT molecular complexity index is 469. The largest absolute Gasteiger partial charge is 0.324 e. The number of aliphatic imine (C=N–C) groups is 1. The maximum atomic E-state index is 11.6. The molecule has 16 heavy (non-hydrogen) atoms. The Balaban J connectivity index is 2.05. The molecule has 0 atom stereocenters. The number of nitrogens with zero attached hydrogens (tertiary/aromatic N) is 2. The molecular weight excluding hydrogens is 250 g/mol. The van der Waals surface area contributed by atoms with Crippen LogP contribution >= 0.6 is 23.1 Å². The van der Waals surface area contributed by atoms with E-state index >= 15 is 0 Å². The maximum Gasteiger partial charge on any atom is 0.324 e. The van der Waals surface area contributed by atoms with Gasteiger partial charge in [-0.3, -0.25) is 19.9 Å². The van der Waals surface area contributed by atoms with Gasteiger partial charge in [-0.2, -0.15) is 0 Å². The second kappa shape index (κ2) is 4.62. The van der Waals surface area contributed by atoms with E-state index in [2.05, 4.69) is 10.3 Å². The Morgan fingerprint density at radius 2 is 2.38 bits per heavy atom. The number of hydrogen-bond donors (Lipinski definition) is 1. The summed E-state index contributed by atoms with van der Waals surface area (Å²) < 4.78 is 0. The van der Waals surface area contributed by atoms with Gasteiger partial charge in [-0.05, 0) is 6.07 Å². The van der Waals surface area contributed by atoms with Gasteiger partial charge in [0, 0.05) is 11.8 Å². The molecule has 0 spiro atoms. The van der Waals surface area contributed by atoms with Gasteiger partial charge in [0.25, 0.3) is 5.91 Å². The molecule has 1 N–H and O–H groups in total. The molecule has 0 fully saturated rings. The van der Waals surface area contributed by atoms with Crippen molar-refractivity contribution in [2.45, 2.75) is 0 Å². The Labute approximate surface area is 98.9 Å². The van der Waals surface area contributed by atoms with E-state index in [-0.39, 0.29) is 10.9 Å². The standard InChI is InChI=1S/C8H7N3O3S2/c12-7(10-8-9-3-4-15-8)5-1-2-6(16-5)11(13)14/h1-2H,3-4H2,(H,9,10,12). The number of amides is 1.